The van der Waals surface area contributed by atoms with Crippen molar-refractivity contribution in [2.24, 2.45) is 0 Å². The highest BCUT2D eigenvalue weighted by Gasteiger charge is 2.11. The number of thioether (sulfide) groups is 1. The first-order valence-corrected chi connectivity index (χ1v) is 5.27. The molecule has 0 aromatic heterocycles. The first-order valence-electron chi connectivity index (χ1n) is 4.45. The molecule has 1 aromatic carbocycles. The van der Waals surface area contributed by atoms with Crippen molar-refractivity contribution in [3.05, 3.63) is 23.3 Å². The summed E-state index contributed by atoms with van der Waals surface area (Å²) in [5.41, 5.74) is 1.99. The van der Waals surface area contributed by atoms with E-state index in [-0.39, 0.29) is 5.75 Å². The second-order valence-electron chi connectivity index (χ2n) is 3.53. The molecular formula is C11H13NOS. The van der Waals surface area contributed by atoms with E-state index in [9.17, 15) is 5.11 Å². The van der Waals surface area contributed by atoms with Gasteiger partial charge in [0.2, 0.25) is 0 Å². The van der Waals surface area contributed by atoms with Gasteiger partial charge in [0.25, 0.3) is 0 Å². The normalized spacial score (nSPS) is 10.2. The van der Waals surface area contributed by atoms with Crippen molar-refractivity contribution in [1.29, 1.82) is 5.26 Å². The van der Waals surface area contributed by atoms with Gasteiger partial charge in [0.05, 0.1) is 0 Å². The molecule has 0 unspecified atom stereocenters. The molecule has 0 aliphatic heterocycles. The highest BCUT2D eigenvalue weighted by molar-refractivity contribution is 8.03. The van der Waals surface area contributed by atoms with Crippen LogP contribution in [0, 0.1) is 17.6 Å². The van der Waals surface area contributed by atoms with Crippen molar-refractivity contribution in [2.45, 2.75) is 31.6 Å². The average molecular weight is 207 g/mol. The lowest BCUT2D eigenvalue weighted by Crippen LogP contribution is -1.93. The zero-order valence-corrected chi connectivity index (χ0v) is 9.35. The van der Waals surface area contributed by atoms with Crippen molar-refractivity contribution >= 4 is 11.8 Å². The summed E-state index contributed by atoms with van der Waals surface area (Å²) < 4.78 is 0. The minimum atomic E-state index is 0.272. The number of thiocyanates is 1. The van der Waals surface area contributed by atoms with Gasteiger partial charge in [0.15, 0.2) is 0 Å². The molecule has 0 saturated heterocycles. The fraction of sp³-hybridized carbons (Fsp3) is 0.364. The van der Waals surface area contributed by atoms with Crippen LogP contribution in [0.25, 0.3) is 0 Å². The maximum Gasteiger partial charge on any atom is 0.138 e. The molecule has 0 spiro atoms. The van der Waals surface area contributed by atoms with Crippen LogP contribution in [0.1, 0.15) is 30.9 Å². The van der Waals surface area contributed by atoms with E-state index in [0.717, 1.165) is 27.8 Å². The predicted octanol–water partition coefficient (Wildman–Crippen LogP) is 3.40. The summed E-state index contributed by atoms with van der Waals surface area (Å²) in [7, 11) is 0. The van der Waals surface area contributed by atoms with Crippen molar-refractivity contribution in [3.8, 4) is 11.2 Å². The smallest absolute Gasteiger partial charge is 0.138 e. The molecule has 14 heavy (non-hydrogen) atoms. The van der Waals surface area contributed by atoms with Crippen LogP contribution in [-0.2, 0) is 0 Å². The monoisotopic (exact) mass is 207 g/mol. The Hall–Kier alpha value is -1.14. The summed E-state index contributed by atoms with van der Waals surface area (Å²) in [5, 5.41) is 20.2. The van der Waals surface area contributed by atoms with Gasteiger partial charge in [0, 0.05) is 4.90 Å². The summed E-state index contributed by atoms with van der Waals surface area (Å²) in [6.45, 7) is 6.01. The Bertz CT molecular complexity index is 380. The zero-order valence-electron chi connectivity index (χ0n) is 8.53. The van der Waals surface area contributed by atoms with Crippen molar-refractivity contribution in [2.75, 3.05) is 0 Å². The summed E-state index contributed by atoms with van der Waals surface area (Å²) in [6, 6.07) is 3.42. The third-order valence-corrected chi connectivity index (χ3v) is 2.91. The van der Waals surface area contributed by atoms with Gasteiger partial charge in [-0.05, 0) is 47.9 Å². The van der Waals surface area contributed by atoms with Gasteiger partial charge in [-0.2, -0.15) is 5.26 Å². The van der Waals surface area contributed by atoms with E-state index in [0.29, 0.717) is 5.92 Å². The molecule has 1 rings (SSSR count). The number of hydrogen-bond donors (Lipinski definition) is 1. The Morgan fingerprint density at radius 3 is 2.57 bits per heavy atom. The van der Waals surface area contributed by atoms with Crippen LogP contribution in [0.15, 0.2) is 17.0 Å². The molecule has 0 fully saturated rings. The van der Waals surface area contributed by atoms with Gasteiger partial charge in [-0.1, -0.05) is 13.8 Å². The Morgan fingerprint density at radius 2 is 2.07 bits per heavy atom. The first-order chi connectivity index (χ1) is 6.56. The number of nitrogens with zero attached hydrogens (tertiary/aromatic N) is 1. The maximum atomic E-state index is 9.44. The lowest BCUT2D eigenvalue weighted by atomic mass is 10.0. The number of phenolic OH excluding ortho intramolecular Hbond substituents is 1. The number of aryl methyl sites for hydroxylation is 1. The quantitative estimate of drug-likeness (QED) is 0.597. The average Bonchev–Trinajstić information content (AvgIpc) is 2.09. The molecule has 2 nitrogen and oxygen atoms in total. The molecule has 0 aliphatic rings. The van der Waals surface area contributed by atoms with Crippen LogP contribution >= 0.6 is 11.8 Å². The molecule has 0 bridgehead atoms. The molecule has 0 atom stereocenters. The van der Waals surface area contributed by atoms with Crippen LogP contribution in [0.4, 0.5) is 0 Å². The van der Waals surface area contributed by atoms with Crippen LogP contribution in [0.3, 0.4) is 0 Å². The second kappa shape index (κ2) is 4.39. The van der Waals surface area contributed by atoms with Crippen LogP contribution in [0.2, 0.25) is 0 Å². The van der Waals surface area contributed by atoms with Crippen molar-refractivity contribution in [1.82, 2.24) is 0 Å². The van der Waals surface area contributed by atoms with Crippen LogP contribution < -0.4 is 0 Å². The molecular weight excluding hydrogens is 194 g/mol. The summed E-state index contributed by atoms with van der Waals surface area (Å²) in [5.74, 6) is 0.588. The number of benzene rings is 1. The molecule has 0 radical (unpaired) electrons. The molecule has 0 aliphatic carbocycles. The topological polar surface area (TPSA) is 44.0 Å². The second-order valence-corrected chi connectivity index (χ2v) is 4.32. The Morgan fingerprint density at radius 1 is 1.43 bits per heavy atom. The Balaban J connectivity index is 3.30. The van der Waals surface area contributed by atoms with Gasteiger partial charge >= 0.3 is 0 Å². The van der Waals surface area contributed by atoms with Gasteiger partial charge in [-0.3, -0.25) is 0 Å². The van der Waals surface area contributed by atoms with Gasteiger partial charge in [-0.15, -0.1) is 0 Å². The predicted molar refractivity (Wildman–Crippen MR) is 58.4 cm³/mol. The van der Waals surface area contributed by atoms with E-state index >= 15 is 0 Å². The molecule has 0 saturated carbocycles. The third kappa shape index (κ3) is 2.21. The number of aromatic hydroxyl groups is 1. The largest absolute Gasteiger partial charge is 0.508 e. The maximum absolute atomic E-state index is 9.44. The van der Waals surface area contributed by atoms with E-state index < -0.39 is 0 Å². The lowest BCUT2D eigenvalue weighted by Gasteiger charge is -2.12. The number of rotatable bonds is 2. The summed E-state index contributed by atoms with van der Waals surface area (Å²) >= 11 is 1.16. The lowest BCUT2D eigenvalue weighted by molar-refractivity contribution is 0.472. The van der Waals surface area contributed by atoms with Gasteiger partial charge in [0.1, 0.15) is 11.2 Å². The minimum absolute atomic E-state index is 0.272. The SMILES string of the molecule is Cc1cc(O)cc(C(C)C)c1SC#N. The first kappa shape index (κ1) is 10.9. The number of phenols is 1. The Labute approximate surface area is 88.6 Å². The Kier molecular flexibility index (Phi) is 3.43. The van der Waals surface area contributed by atoms with Gasteiger partial charge < -0.3 is 5.11 Å². The summed E-state index contributed by atoms with van der Waals surface area (Å²) in [6.07, 6.45) is 0. The van der Waals surface area contributed by atoms with Gasteiger partial charge in [-0.25, -0.2) is 0 Å². The van der Waals surface area contributed by atoms with E-state index in [1.54, 1.807) is 12.1 Å². The van der Waals surface area contributed by atoms with E-state index in [4.69, 9.17) is 5.26 Å². The molecule has 1 N–H and O–H groups in total. The zero-order chi connectivity index (χ0) is 10.7. The van der Waals surface area contributed by atoms with Crippen molar-refractivity contribution < 1.29 is 5.11 Å². The highest BCUT2D eigenvalue weighted by Crippen LogP contribution is 2.33. The molecule has 0 heterocycles. The molecule has 0 amide bonds. The third-order valence-electron chi connectivity index (χ3n) is 2.06. The number of hydrogen-bond acceptors (Lipinski definition) is 3. The highest BCUT2D eigenvalue weighted by atomic mass is 32.2. The molecule has 3 heteroatoms. The molecule has 74 valence electrons. The standard InChI is InChI=1S/C11H13NOS/c1-7(2)10-5-9(13)4-8(3)11(10)14-6-12/h4-5,7,13H,1-3H3. The van der Waals surface area contributed by atoms with E-state index in [1.807, 2.05) is 6.92 Å². The van der Waals surface area contributed by atoms with Crippen LogP contribution in [-0.4, -0.2) is 5.11 Å². The van der Waals surface area contributed by atoms with E-state index in [2.05, 4.69) is 19.2 Å². The van der Waals surface area contributed by atoms with Crippen molar-refractivity contribution in [3.63, 3.8) is 0 Å². The molecule has 1 aromatic rings. The van der Waals surface area contributed by atoms with E-state index in [1.165, 1.54) is 0 Å². The number of nitriles is 1. The van der Waals surface area contributed by atoms with Crippen LogP contribution in [0.5, 0.6) is 5.75 Å². The summed E-state index contributed by atoms with van der Waals surface area (Å²) in [4.78, 5) is 0.973. The fourth-order valence-electron chi connectivity index (χ4n) is 1.40. The minimum Gasteiger partial charge on any atom is -0.508 e. The fourth-order valence-corrected chi connectivity index (χ4v) is 2.12.